The van der Waals surface area contributed by atoms with Crippen LogP contribution >= 0.6 is 0 Å². The number of nitrogens with zero attached hydrogens (tertiary/aromatic N) is 3. The maximum atomic E-state index is 12.3. The SMILES string of the molecule is CN(C)c1ccc(/N=N/c2ccc(C(=O)NCCCCCCNC(=O)/C=C/C(C)(C)C)cc2)cc1. The van der Waals surface area contributed by atoms with Crippen LogP contribution in [0.4, 0.5) is 17.1 Å². The highest BCUT2D eigenvalue weighted by atomic mass is 16.2. The molecule has 0 atom stereocenters. The fraction of sp³-hybridized carbons (Fsp3) is 0.429. The summed E-state index contributed by atoms with van der Waals surface area (Å²) in [5.74, 6) is -0.135. The van der Waals surface area contributed by atoms with Crippen molar-refractivity contribution < 1.29 is 9.59 Å². The maximum absolute atomic E-state index is 12.3. The number of unbranched alkanes of at least 4 members (excludes halogenated alkanes) is 3. The van der Waals surface area contributed by atoms with Crippen LogP contribution in [0.5, 0.6) is 0 Å². The number of azo groups is 1. The molecule has 0 heterocycles. The summed E-state index contributed by atoms with van der Waals surface area (Å²) in [6, 6.07) is 14.9. The van der Waals surface area contributed by atoms with E-state index in [9.17, 15) is 9.59 Å². The summed E-state index contributed by atoms with van der Waals surface area (Å²) in [5, 5.41) is 14.4. The van der Waals surface area contributed by atoms with Gasteiger partial charge < -0.3 is 15.5 Å². The minimum absolute atomic E-state index is 0.00816. The molecule has 0 aliphatic heterocycles. The van der Waals surface area contributed by atoms with Crippen molar-refractivity contribution in [2.75, 3.05) is 32.1 Å². The van der Waals surface area contributed by atoms with E-state index in [2.05, 4.69) is 41.6 Å². The van der Waals surface area contributed by atoms with Crippen molar-refractivity contribution in [3.63, 3.8) is 0 Å². The topological polar surface area (TPSA) is 86.2 Å². The Labute approximate surface area is 209 Å². The van der Waals surface area contributed by atoms with Gasteiger partial charge in [-0.1, -0.05) is 39.7 Å². The Bertz CT molecular complexity index is 988. The Kier molecular flexibility index (Phi) is 11.1. The third kappa shape index (κ3) is 11.5. The van der Waals surface area contributed by atoms with Gasteiger partial charge in [0.1, 0.15) is 0 Å². The summed E-state index contributed by atoms with van der Waals surface area (Å²) in [5.41, 5.74) is 3.18. The number of hydrogen-bond donors (Lipinski definition) is 2. The van der Waals surface area contributed by atoms with Gasteiger partial charge in [-0.3, -0.25) is 9.59 Å². The number of rotatable bonds is 12. The summed E-state index contributed by atoms with van der Waals surface area (Å²) >= 11 is 0. The van der Waals surface area contributed by atoms with Crippen molar-refractivity contribution in [2.45, 2.75) is 46.5 Å². The van der Waals surface area contributed by atoms with E-state index in [4.69, 9.17) is 0 Å². The average molecular weight is 478 g/mol. The van der Waals surface area contributed by atoms with Crippen LogP contribution in [0, 0.1) is 5.41 Å². The molecule has 0 fully saturated rings. The lowest BCUT2D eigenvalue weighted by Gasteiger charge is -2.11. The predicted molar refractivity (Wildman–Crippen MR) is 144 cm³/mol. The van der Waals surface area contributed by atoms with Crippen LogP contribution in [0.3, 0.4) is 0 Å². The third-order valence-corrected chi connectivity index (χ3v) is 5.20. The van der Waals surface area contributed by atoms with Crippen LogP contribution in [0.1, 0.15) is 56.8 Å². The molecule has 0 aliphatic carbocycles. The molecule has 2 aromatic rings. The van der Waals surface area contributed by atoms with Crippen molar-refractivity contribution in [1.82, 2.24) is 10.6 Å². The molecule has 35 heavy (non-hydrogen) atoms. The van der Waals surface area contributed by atoms with Crippen LogP contribution in [0.2, 0.25) is 0 Å². The Balaban J connectivity index is 1.62. The molecule has 0 bridgehead atoms. The second kappa shape index (κ2) is 14.0. The van der Waals surface area contributed by atoms with E-state index in [0.717, 1.165) is 37.1 Å². The summed E-state index contributed by atoms with van der Waals surface area (Å²) < 4.78 is 0. The van der Waals surface area contributed by atoms with E-state index >= 15 is 0 Å². The quantitative estimate of drug-likeness (QED) is 0.217. The molecule has 0 spiro atoms. The number of benzene rings is 2. The number of amides is 2. The Morgan fingerprint density at radius 3 is 1.83 bits per heavy atom. The maximum Gasteiger partial charge on any atom is 0.251 e. The monoisotopic (exact) mass is 477 g/mol. The van der Waals surface area contributed by atoms with Gasteiger partial charge >= 0.3 is 0 Å². The van der Waals surface area contributed by atoms with Crippen LogP contribution in [-0.2, 0) is 4.79 Å². The highest BCUT2D eigenvalue weighted by molar-refractivity contribution is 5.94. The molecular formula is C28H39N5O2. The molecule has 7 nitrogen and oxygen atoms in total. The second-order valence-electron chi connectivity index (χ2n) is 9.82. The summed E-state index contributed by atoms with van der Waals surface area (Å²) in [6.45, 7) is 7.48. The highest BCUT2D eigenvalue weighted by Gasteiger charge is 2.06. The number of allylic oxidation sites excluding steroid dienone is 1. The van der Waals surface area contributed by atoms with Gasteiger partial charge in [0.15, 0.2) is 0 Å². The fourth-order valence-electron chi connectivity index (χ4n) is 3.12. The number of carbonyl (C=O) groups is 2. The highest BCUT2D eigenvalue weighted by Crippen LogP contribution is 2.21. The lowest BCUT2D eigenvalue weighted by atomic mass is 9.96. The van der Waals surface area contributed by atoms with E-state index in [1.54, 1.807) is 30.3 Å². The molecule has 2 amide bonds. The third-order valence-electron chi connectivity index (χ3n) is 5.20. The summed E-state index contributed by atoms with van der Waals surface area (Å²) in [6.07, 6.45) is 7.37. The van der Waals surface area contributed by atoms with Gasteiger partial charge in [0.05, 0.1) is 11.4 Å². The second-order valence-corrected chi connectivity index (χ2v) is 9.82. The van der Waals surface area contributed by atoms with Gasteiger partial charge in [-0.25, -0.2) is 0 Å². The lowest BCUT2D eigenvalue weighted by molar-refractivity contribution is -0.116. The molecule has 2 N–H and O–H groups in total. The largest absolute Gasteiger partial charge is 0.378 e. The molecule has 0 aromatic heterocycles. The molecule has 0 saturated carbocycles. The van der Waals surface area contributed by atoms with Gasteiger partial charge in [-0.05, 0) is 72.9 Å². The molecule has 0 unspecified atom stereocenters. The molecular weight excluding hydrogens is 438 g/mol. The number of hydrogen-bond acceptors (Lipinski definition) is 5. The molecule has 0 aliphatic rings. The van der Waals surface area contributed by atoms with E-state index in [1.165, 1.54) is 0 Å². The van der Waals surface area contributed by atoms with Crippen molar-refractivity contribution >= 4 is 28.9 Å². The van der Waals surface area contributed by atoms with E-state index < -0.39 is 0 Å². The number of nitrogens with one attached hydrogen (secondary N) is 2. The molecule has 0 radical (unpaired) electrons. The van der Waals surface area contributed by atoms with Crippen molar-refractivity contribution in [1.29, 1.82) is 0 Å². The van der Waals surface area contributed by atoms with Crippen LogP contribution in [0.25, 0.3) is 0 Å². The van der Waals surface area contributed by atoms with Gasteiger partial charge in [-0.2, -0.15) is 10.2 Å². The van der Waals surface area contributed by atoms with Gasteiger partial charge in [0.25, 0.3) is 5.91 Å². The minimum Gasteiger partial charge on any atom is -0.378 e. The smallest absolute Gasteiger partial charge is 0.251 e. The van der Waals surface area contributed by atoms with Crippen molar-refractivity contribution in [2.24, 2.45) is 15.6 Å². The first-order valence-electron chi connectivity index (χ1n) is 12.2. The zero-order chi connectivity index (χ0) is 25.7. The van der Waals surface area contributed by atoms with Gasteiger partial charge in [-0.15, -0.1) is 0 Å². The first-order valence-corrected chi connectivity index (χ1v) is 12.2. The Morgan fingerprint density at radius 2 is 1.31 bits per heavy atom. The molecule has 188 valence electrons. The zero-order valence-corrected chi connectivity index (χ0v) is 21.7. The lowest BCUT2D eigenvalue weighted by Crippen LogP contribution is -2.24. The van der Waals surface area contributed by atoms with E-state index in [0.29, 0.717) is 24.3 Å². The van der Waals surface area contributed by atoms with Crippen LogP contribution < -0.4 is 15.5 Å². The standard InChI is InChI=1S/C28H39N5O2/c1-28(2,3)19-18-26(34)29-20-8-6-7-9-21-30-27(35)22-10-12-23(13-11-22)31-32-24-14-16-25(17-15-24)33(4)5/h10-19H,6-9,20-21H2,1-5H3,(H,29,34)(H,30,35)/b19-18+,32-31+. The Morgan fingerprint density at radius 1 is 0.800 bits per heavy atom. The zero-order valence-electron chi connectivity index (χ0n) is 21.7. The van der Waals surface area contributed by atoms with Crippen LogP contribution in [-0.4, -0.2) is 39.0 Å². The van der Waals surface area contributed by atoms with E-state index in [1.807, 2.05) is 49.3 Å². The van der Waals surface area contributed by atoms with Gasteiger partial charge in [0.2, 0.25) is 5.91 Å². The van der Waals surface area contributed by atoms with E-state index in [-0.39, 0.29) is 17.2 Å². The summed E-state index contributed by atoms with van der Waals surface area (Å²) in [4.78, 5) is 26.1. The minimum atomic E-state index is -0.0920. The van der Waals surface area contributed by atoms with Crippen LogP contribution in [0.15, 0.2) is 70.9 Å². The average Bonchev–Trinajstić information content (AvgIpc) is 2.83. The fourth-order valence-corrected chi connectivity index (χ4v) is 3.12. The summed E-state index contributed by atoms with van der Waals surface area (Å²) in [7, 11) is 3.98. The molecule has 0 saturated heterocycles. The molecule has 2 aromatic carbocycles. The normalized spacial score (nSPS) is 11.7. The number of anilines is 1. The predicted octanol–water partition coefficient (Wildman–Crippen LogP) is 6.18. The number of carbonyl (C=O) groups excluding carboxylic acids is 2. The van der Waals surface area contributed by atoms with Crippen molar-refractivity contribution in [3.05, 3.63) is 66.2 Å². The first-order chi connectivity index (χ1) is 16.6. The molecule has 7 heteroatoms. The molecule has 2 rings (SSSR count). The first kappa shape index (κ1) is 27.8. The Hall–Kier alpha value is -3.48. The van der Waals surface area contributed by atoms with Crippen molar-refractivity contribution in [3.8, 4) is 0 Å². The van der Waals surface area contributed by atoms with Gasteiger partial charge in [0, 0.05) is 38.4 Å².